The smallest absolute Gasteiger partial charge is 0.235 e. The Morgan fingerprint density at radius 1 is 1.02 bits per heavy atom. The van der Waals surface area contributed by atoms with E-state index in [0.717, 1.165) is 0 Å². The summed E-state index contributed by atoms with van der Waals surface area (Å²) in [5.41, 5.74) is 2.33. The average Bonchev–Trinajstić information content (AvgIpc) is 2.78. The van der Waals surface area contributed by atoms with Crippen molar-refractivity contribution in [2.75, 3.05) is 14.1 Å². The van der Waals surface area contributed by atoms with Gasteiger partial charge in [0, 0.05) is 5.92 Å². The van der Waals surface area contributed by atoms with Gasteiger partial charge in [0.2, 0.25) is 5.91 Å². The molecule has 3 aliphatic carbocycles. The van der Waals surface area contributed by atoms with E-state index in [4.69, 9.17) is 5.73 Å². The fourth-order valence-electron chi connectivity index (χ4n) is 7.32. The third kappa shape index (κ3) is 4.14. The van der Waals surface area contributed by atoms with Crippen molar-refractivity contribution in [3.05, 3.63) is 28.8 Å². The van der Waals surface area contributed by atoms with Crippen LogP contribution in [0.15, 0.2) is 12.1 Å². The summed E-state index contributed by atoms with van der Waals surface area (Å²) in [6.45, 7) is 11.5. The highest BCUT2D eigenvalue weighted by Crippen LogP contribution is 2.57. The molecule has 1 aromatic carbocycles. The predicted octanol–water partition coefficient (Wildman–Crippen LogP) is 1.11. The third-order valence-corrected chi connectivity index (χ3v) is 8.93. The van der Waals surface area contributed by atoms with Gasteiger partial charge in [-0.15, -0.1) is 0 Å². The van der Waals surface area contributed by atoms with Crippen LogP contribution < -0.4 is 5.73 Å². The Morgan fingerprint density at radius 3 is 2.08 bits per heavy atom. The summed E-state index contributed by atoms with van der Waals surface area (Å²) in [6, 6.07) is 2.07. The minimum Gasteiger partial charge on any atom is -0.507 e. The number of amides is 1. The number of phenolic OH excluding ortho intramolecular Hbond substituents is 1. The molecule has 0 saturated heterocycles. The van der Waals surface area contributed by atoms with Crippen molar-refractivity contribution in [1.29, 1.82) is 0 Å². The molecule has 0 aromatic heterocycles. The maximum absolute atomic E-state index is 14.3. The fraction of sp³-hybridized carbons (Fsp3) is 0.633. The van der Waals surface area contributed by atoms with Gasteiger partial charge in [0.05, 0.1) is 29.5 Å². The number of Topliss-reactive ketones (excluding diaryl/α,β-unsaturated/α-hetero) is 4. The van der Waals surface area contributed by atoms with Crippen LogP contribution in [0.2, 0.25) is 0 Å². The Balaban J connectivity index is 2.03. The lowest BCUT2D eigenvalue weighted by atomic mass is 9.48. The molecular formula is C30H40N2O8. The molecule has 1 amide bonds. The van der Waals surface area contributed by atoms with Gasteiger partial charge in [0.15, 0.2) is 34.7 Å². The van der Waals surface area contributed by atoms with E-state index in [1.54, 1.807) is 12.1 Å². The SMILES string of the molecule is CN(C)C1C(=O)C(C(N)=O)C(=O)C2(O)C(=O)C3C(=O)c4c(ccc(C(C)(C)C)c4O)C(CC(C)(C)C)C3C(O)C12. The van der Waals surface area contributed by atoms with Gasteiger partial charge in [-0.3, -0.25) is 28.9 Å². The third-order valence-electron chi connectivity index (χ3n) is 8.93. The Labute approximate surface area is 233 Å². The number of aliphatic hydroxyl groups is 2. The molecule has 0 aliphatic heterocycles. The van der Waals surface area contributed by atoms with Crippen molar-refractivity contribution in [3.63, 3.8) is 0 Å². The van der Waals surface area contributed by atoms with E-state index >= 15 is 0 Å². The molecule has 8 atom stereocenters. The minimum atomic E-state index is -3.01. The Bertz CT molecular complexity index is 1320. The predicted molar refractivity (Wildman–Crippen MR) is 145 cm³/mol. The van der Waals surface area contributed by atoms with E-state index in [-0.39, 0.29) is 16.7 Å². The molecule has 40 heavy (non-hydrogen) atoms. The van der Waals surface area contributed by atoms with Gasteiger partial charge in [-0.2, -0.15) is 0 Å². The first kappa shape index (κ1) is 30.0. The zero-order valence-corrected chi connectivity index (χ0v) is 24.3. The lowest BCUT2D eigenvalue weighted by Gasteiger charge is -2.56. The summed E-state index contributed by atoms with van der Waals surface area (Å²) < 4.78 is 0. The molecule has 1 aromatic rings. The summed E-state index contributed by atoms with van der Waals surface area (Å²) in [7, 11) is 2.94. The Kier molecular flexibility index (Phi) is 6.97. The summed E-state index contributed by atoms with van der Waals surface area (Å²) in [5.74, 6) is -13.1. The van der Waals surface area contributed by atoms with E-state index in [9.17, 15) is 39.3 Å². The number of aliphatic hydroxyl groups excluding tert-OH is 1. The number of likely N-dealkylation sites (N-methyl/N-ethyl adjacent to an activating group) is 1. The first-order valence-corrected chi connectivity index (χ1v) is 13.6. The van der Waals surface area contributed by atoms with E-state index in [2.05, 4.69) is 0 Å². The van der Waals surface area contributed by atoms with Gasteiger partial charge in [-0.1, -0.05) is 53.7 Å². The van der Waals surface area contributed by atoms with Gasteiger partial charge >= 0.3 is 0 Å². The van der Waals surface area contributed by atoms with Crippen LogP contribution in [0.5, 0.6) is 5.75 Å². The van der Waals surface area contributed by atoms with Crippen LogP contribution in [0.1, 0.15) is 75.4 Å². The van der Waals surface area contributed by atoms with Crippen LogP contribution in [-0.4, -0.2) is 81.1 Å². The number of hydrogen-bond donors (Lipinski definition) is 4. The number of aromatic hydroxyl groups is 1. The number of primary amides is 1. The average molecular weight is 557 g/mol. The number of fused-ring (bicyclic) bond motifs is 3. The number of benzene rings is 1. The maximum atomic E-state index is 14.3. The van der Waals surface area contributed by atoms with Crippen molar-refractivity contribution in [1.82, 2.24) is 4.90 Å². The van der Waals surface area contributed by atoms with Gasteiger partial charge < -0.3 is 21.1 Å². The molecule has 8 unspecified atom stereocenters. The van der Waals surface area contributed by atoms with Gasteiger partial charge in [-0.25, -0.2) is 0 Å². The van der Waals surface area contributed by atoms with Crippen molar-refractivity contribution in [2.24, 2.45) is 34.8 Å². The van der Waals surface area contributed by atoms with E-state index in [0.29, 0.717) is 17.5 Å². The molecule has 4 rings (SSSR count). The summed E-state index contributed by atoms with van der Waals surface area (Å²) in [6.07, 6.45) is -1.27. The first-order chi connectivity index (χ1) is 18.2. The van der Waals surface area contributed by atoms with Crippen LogP contribution in [0.4, 0.5) is 0 Å². The first-order valence-electron chi connectivity index (χ1n) is 13.6. The number of hydrogen-bond acceptors (Lipinski definition) is 9. The van der Waals surface area contributed by atoms with Crippen LogP contribution in [0.3, 0.4) is 0 Å². The highest BCUT2D eigenvalue weighted by molar-refractivity contribution is 6.32. The molecule has 0 spiro atoms. The second kappa shape index (κ2) is 9.29. The van der Waals surface area contributed by atoms with E-state index in [1.807, 2.05) is 41.5 Å². The topological polar surface area (TPSA) is 175 Å². The minimum absolute atomic E-state index is 0.0690. The van der Waals surface area contributed by atoms with Crippen LogP contribution >= 0.6 is 0 Å². The molecule has 218 valence electrons. The Hall–Kier alpha value is -2.95. The lowest BCUT2D eigenvalue weighted by Crippen LogP contribution is -2.77. The highest BCUT2D eigenvalue weighted by Gasteiger charge is 2.73. The summed E-state index contributed by atoms with van der Waals surface area (Å²) in [5, 5.41) is 35.2. The van der Waals surface area contributed by atoms with Crippen molar-refractivity contribution < 1.29 is 39.3 Å². The molecule has 10 nitrogen and oxygen atoms in total. The second-order valence-electron chi connectivity index (χ2n) is 14.1. The number of nitrogens with two attached hydrogens (primary N) is 1. The van der Waals surface area contributed by atoms with Crippen molar-refractivity contribution >= 4 is 29.0 Å². The Morgan fingerprint density at radius 2 is 1.60 bits per heavy atom. The molecule has 0 bridgehead atoms. The van der Waals surface area contributed by atoms with Gasteiger partial charge in [-0.05, 0) is 48.4 Å². The zero-order valence-electron chi connectivity index (χ0n) is 24.3. The fourth-order valence-corrected chi connectivity index (χ4v) is 7.32. The number of carbonyl (C=O) groups is 5. The monoisotopic (exact) mass is 556 g/mol. The molecule has 0 heterocycles. The number of carbonyl (C=O) groups excluding carboxylic acids is 5. The number of nitrogens with zero attached hydrogens (tertiary/aromatic N) is 1. The van der Waals surface area contributed by atoms with E-state index < -0.39 is 81.8 Å². The van der Waals surface area contributed by atoms with Crippen LogP contribution in [0, 0.1) is 29.1 Å². The van der Waals surface area contributed by atoms with Gasteiger partial charge in [0.1, 0.15) is 5.75 Å². The van der Waals surface area contributed by atoms with Crippen molar-refractivity contribution in [2.45, 2.75) is 77.0 Å². The zero-order chi connectivity index (χ0) is 30.4. The molecule has 3 aliphatic rings. The van der Waals surface area contributed by atoms with Crippen LogP contribution in [-0.2, 0) is 24.6 Å². The number of phenols is 1. The van der Waals surface area contributed by atoms with Gasteiger partial charge in [0.25, 0.3) is 0 Å². The lowest BCUT2D eigenvalue weighted by molar-refractivity contribution is -0.197. The van der Waals surface area contributed by atoms with E-state index in [1.165, 1.54) is 19.0 Å². The second-order valence-corrected chi connectivity index (χ2v) is 14.1. The van der Waals surface area contributed by atoms with Crippen molar-refractivity contribution in [3.8, 4) is 5.75 Å². The van der Waals surface area contributed by atoms with Crippen LogP contribution in [0.25, 0.3) is 0 Å². The highest BCUT2D eigenvalue weighted by atomic mass is 16.3. The number of rotatable bonds is 3. The maximum Gasteiger partial charge on any atom is 0.235 e. The molecule has 5 N–H and O–H groups in total. The molecule has 0 radical (unpaired) electrons. The standard InChI is InChI=1S/C30H40N2O8/c1-28(2,3)11-13-12-9-10-14(29(4,5)6)21(33)16(12)22(34)17-15(13)23(35)19-20(32(7)8)24(36)18(27(31)39)26(38)30(19,40)25(17)37/h9-10,13,15,17-20,23,33,35,40H,11H2,1-8H3,(H2,31,39). The summed E-state index contributed by atoms with van der Waals surface area (Å²) in [4.78, 5) is 68.9. The molecule has 2 fully saturated rings. The normalized spacial score (nSPS) is 34.4. The summed E-state index contributed by atoms with van der Waals surface area (Å²) >= 11 is 0. The quantitative estimate of drug-likeness (QED) is 0.397. The number of ketones is 4. The largest absolute Gasteiger partial charge is 0.507 e. The molecule has 10 heteroatoms. The molecule has 2 saturated carbocycles. The molecular weight excluding hydrogens is 516 g/mol.